The first-order chi connectivity index (χ1) is 6.49. The number of hydrogen-bond acceptors (Lipinski definition) is 2. The molecule has 0 saturated carbocycles. The Bertz CT molecular complexity index is 319. The summed E-state index contributed by atoms with van der Waals surface area (Å²) in [5, 5.41) is 8.48. The van der Waals surface area contributed by atoms with E-state index in [-0.39, 0.29) is 0 Å². The summed E-state index contributed by atoms with van der Waals surface area (Å²) >= 11 is 1.94. The zero-order valence-electron chi connectivity index (χ0n) is 7.25. The zero-order chi connectivity index (χ0) is 10.8. The monoisotopic (exact) mass is 313 g/mol. The molecule has 1 aromatic carbocycles. The Morgan fingerprint density at radius 3 is 2.50 bits per heavy atom. The molecule has 0 heterocycles. The largest absolute Gasteiger partial charge is 0.390 e. The molecule has 0 spiro atoms. The maximum Gasteiger partial charge on any atom is 0.289 e. The van der Waals surface area contributed by atoms with Gasteiger partial charge >= 0.3 is 0 Å². The summed E-state index contributed by atoms with van der Waals surface area (Å²) in [6, 6.07) is 5.17. The highest BCUT2D eigenvalue weighted by Crippen LogP contribution is 2.30. The topological polar surface area (TPSA) is 46.2 Å². The molecule has 2 nitrogen and oxygen atoms in total. The fourth-order valence-corrected chi connectivity index (χ4v) is 1.78. The van der Waals surface area contributed by atoms with Crippen molar-refractivity contribution in [1.82, 2.24) is 0 Å². The highest BCUT2D eigenvalue weighted by Gasteiger charge is 2.37. The van der Waals surface area contributed by atoms with Gasteiger partial charge in [-0.05, 0) is 34.2 Å². The number of hydrogen-bond donors (Lipinski definition) is 2. The van der Waals surface area contributed by atoms with Crippen LogP contribution in [0.25, 0.3) is 0 Å². The summed E-state index contributed by atoms with van der Waals surface area (Å²) in [6.07, 6.45) is 0. The molecule has 0 fully saturated rings. The van der Waals surface area contributed by atoms with Gasteiger partial charge in [0.15, 0.2) is 0 Å². The molecular weight excluding hydrogens is 303 g/mol. The van der Waals surface area contributed by atoms with E-state index >= 15 is 0 Å². The Kier molecular flexibility index (Phi) is 3.79. The van der Waals surface area contributed by atoms with Crippen molar-refractivity contribution in [2.45, 2.75) is 12.0 Å². The lowest BCUT2D eigenvalue weighted by Gasteiger charge is -2.22. The molecule has 14 heavy (non-hydrogen) atoms. The van der Waals surface area contributed by atoms with Crippen LogP contribution in [0.15, 0.2) is 24.3 Å². The van der Waals surface area contributed by atoms with Gasteiger partial charge in [0.25, 0.3) is 5.92 Å². The quantitative estimate of drug-likeness (QED) is 0.838. The molecule has 1 atom stereocenters. The fourth-order valence-electron chi connectivity index (χ4n) is 1.05. The van der Waals surface area contributed by atoms with Crippen molar-refractivity contribution in [2.75, 3.05) is 6.61 Å². The van der Waals surface area contributed by atoms with Crippen LogP contribution in [0.3, 0.4) is 0 Å². The van der Waals surface area contributed by atoms with Crippen molar-refractivity contribution in [1.29, 1.82) is 0 Å². The van der Waals surface area contributed by atoms with Crippen LogP contribution in [-0.4, -0.2) is 17.6 Å². The van der Waals surface area contributed by atoms with Gasteiger partial charge < -0.3 is 10.8 Å². The normalized spacial score (nSPS) is 14.1. The SMILES string of the molecule is NC(c1ccccc1I)C(F)(F)CO. The van der Waals surface area contributed by atoms with Gasteiger partial charge in [0.2, 0.25) is 0 Å². The van der Waals surface area contributed by atoms with E-state index in [1.807, 2.05) is 22.6 Å². The molecule has 0 amide bonds. The van der Waals surface area contributed by atoms with Crippen molar-refractivity contribution >= 4 is 22.6 Å². The molecule has 0 radical (unpaired) electrons. The van der Waals surface area contributed by atoms with Crippen LogP contribution in [0.4, 0.5) is 8.78 Å². The smallest absolute Gasteiger partial charge is 0.289 e. The lowest BCUT2D eigenvalue weighted by atomic mass is 10.0. The number of aliphatic hydroxyl groups excluding tert-OH is 1. The highest BCUT2D eigenvalue weighted by molar-refractivity contribution is 14.1. The lowest BCUT2D eigenvalue weighted by Crippen LogP contribution is -2.36. The van der Waals surface area contributed by atoms with E-state index in [0.717, 1.165) is 0 Å². The molecule has 0 aliphatic carbocycles. The van der Waals surface area contributed by atoms with Crippen molar-refractivity contribution in [2.24, 2.45) is 5.73 Å². The summed E-state index contributed by atoms with van der Waals surface area (Å²) in [5.74, 6) is -3.28. The van der Waals surface area contributed by atoms with E-state index in [2.05, 4.69) is 0 Å². The van der Waals surface area contributed by atoms with Crippen LogP contribution in [0, 0.1) is 3.57 Å². The molecule has 78 valence electrons. The molecule has 0 aliphatic rings. The number of aliphatic hydroxyl groups is 1. The number of halogens is 3. The highest BCUT2D eigenvalue weighted by atomic mass is 127. The van der Waals surface area contributed by atoms with Crippen molar-refractivity contribution < 1.29 is 13.9 Å². The molecule has 5 heteroatoms. The third-order valence-corrected chi connectivity index (χ3v) is 2.89. The standard InChI is InChI=1S/C9H10F2INO/c10-9(11,5-14)8(13)6-3-1-2-4-7(6)12/h1-4,8,14H,5,13H2. The molecule has 0 aliphatic heterocycles. The van der Waals surface area contributed by atoms with Gasteiger partial charge in [0.05, 0.1) is 6.04 Å². The fraction of sp³-hybridized carbons (Fsp3) is 0.333. The zero-order valence-corrected chi connectivity index (χ0v) is 9.41. The van der Waals surface area contributed by atoms with Crippen LogP contribution in [-0.2, 0) is 0 Å². The average molecular weight is 313 g/mol. The van der Waals surface area contributed by atoms with Crippen LogP contribution >= 0.6 is 22.6 Å². The van der Waals surface area contributed by atoms with E-state index in [9.17, 15) is 8.78 Å². The number of rotatable bonds is 3. The van der Waals surface area contributed by atoms with E-state index in [4.69, 9.17) is 10.8 Å². The van der Waals surface area contributed by atoms with E-state index < -0.39 is 18.6 Å². The van der Waals surface area contributed by atoms with Gasteiger partial charge in [0, 0.05) is 3.57 Å². The first kappa shape index (κ1) is 11.8. The summed E-state index contributed by atoms with van der Waals surface area (Å²) in [7, 11) is 0. The Morgan fingerprint density at radius 1 is 1.43 bits per heavy atom. The van der Waals surface area contributed by atoms with Gasteiger partial charge in [-0.3, -0.25) is 0 Å². The van der Waals surface area contributed by atoms with E-state index in [1.165, 1.54) is 6.07 Å². The number of nitrogens with two attached hydrogens (primary N) is 1. The second-order valence-corrected chi connectivity index (χ2v) is 4.08. The number of alkyl halides is 2. The predicted molar refractivity (Wildman–Crippen MR) is 58.1 cm³/mol. The second-order valence-electron chi connectivity index (χ2n) is 2.92. The molecule has 1 unspecified atom stereocenters. The van der Waals surface area contributed by atoms with Crippen LogP contribution in [0.5, 0.6) is 0 Å². The third-order valence-electron chi connectivity index (χ3n) is 1.91. The van der Waals surface area contributed by atoms with E-state index in [1.54, 1.807) is 18.2 Å². The van der Waals surface area contributed by atoms with Gasteiger partial charge in [0.1, 0.15) is 6.61 Å². The summed E-state index contributed by atoms with van der Waals surface area (Å²) in [4.78, 5) is 0. The molecule has 0 bridgehead atoms. The minimum Gasteiger partial charge on any atom is -0.390 e. The minimum atomic E-state index is -3.28. The molecule has 1 rings (SSSR count). The Labute approximate surface area is 94.3 Å². The summed E-state index contributed by atoms with van der Waals surface area (Å²) in [5.41, 5.74) is 5.72. The minimum absolute atomic E-state index is 0.354. The Morgan fingerprint density at radius 2 is 2.00 bits per heavy atom. The average Bonchev–Trinajstić information content (AvgIpc) is 2.17. The third kappa shape index (κ3) is 2.40. The van der Waals surface area contributed by atoms with Crippen molar-refractivity contribution in [3.63, 3.8) is 0 Å². The Balaban J connectivity index is 3.00. The predicted octanol–water partition coefficient (Wildman–Crippen LogP) is 1.92. The molecule has 1 aromatic rings. The summed E-state index contributed by atoms with van der Waals surface area (Å²) < 4.78 is 26.7. The van der Waals surface area contributed by atoms with Crippen LogP contribution < -0.4 is 5.73 Å². The van der Waals surface area contributed by atoms with Crippen molar-refractivity contribution in [3.05, 3.63) is 33.4 Å². The first-order valence-electron chi connectivity index (χ1n) is 3.97. The molecular formula is C9H10F2INO. The Hall–Kier alpha value is -0.270. The van der Waals surface area contributed by atoms with Gasteiger partial charge in [-0.2, -0.15) is 0 Å². The van der Waals surface area contributed by atoms with Gasteiger partial charge in [-0.25, -0.2) is 8.78 Å². The van der Waals surface area contributed by atoms with Crippen molar-refractivity contribution in [3.8, 4) is 0 Å². The molecule has 3 N–H and O–H groups in total. The summed E-state index contributed by atoms with van der Waals surface area (Å²) in [6.45, 7) is -1.24. The van der Waals surface area contributed by atoms with Gasteiger partial charge in [-0.1, -0.05) is 18.2 Å². The number of benzene rings is 1. The van der Waals surface area contributed by atoms with Crippen LogP contribution in [0.2, 0.25) is 0 Å². The maximum absolute atomic E-state index is 13.0. The molecule has 0 saturated heterocycles. The molecule has 0 aromatic heterocycles. The maximum atomic E-state index is 13.0. The van der Waals surface area contributed by atoms with Gasteiger partial charge in [-0.15, -0.1) is 0 Å². The van der Waals surface area contributed by atoms with E-state index in [0.29, 0.717) is 9.13 Å². The van der Waals surface area contributed by atoms with Crippen LogP contribution in [0.1, 0.15) is 11.6 Å². The first-order valence-corrected chi connectivity index (χ1v) is 5.05. The lowest BCUT2D eigenvalue weighted by molar-refractivity contribution is -0.0713. The second kappa shape index (κ2) is 4.50.